The van der Waals surface area contributed by atoms with Gasteiger partial charge in [0.25, 0.3) is 0 Å². The summed E-state index contributed by atoms with van der Waals surface area (Å²) < 4.78 is 32.2. The topological polar surface area (TPSA) is 114 Å². The monoisotopic (exact) mass is 385 g/mol. The van der Waals surface area contributed by atoms with Gasteiger partial charge in [-0.3, -0.25) is 0 Å². The fraction of sp³-hybridized carbons (Fsp3) is 0.333. The predicted molar refractivity (Wildman–Crippen MR) is 100 cm³/mol. The maximum atomic E-state index is 13.1. The van der Waals surface area contributed by atoms with Crippen molar-refractivity contribution in [2.24, 2.45) is 0 Å². The quantitative estimate of drug-likeness (QED) is 0.706. The van der Waals surface area contributed by atoms with Gasteiger partial charge >= 0.3 is 0 Å². The molecule has 3 N–H and O–H groups in total. The van der Waals surface area contributed by atoms with Crippen molar-refractivity contribution in [1.29, 1.82) is 0 Å². The van der Waals surface area contributed by atoms with E-state index in [1.807, 2.05) is 0 Å². The first-order valence-corrected chi connectivity index (χ1v) is 10.3. The van der Waals surface area contributed by atoms with E-state index >= 15 is 0 Å². The molecule has 5 rings (SSSR count). The maximum Gasteiger partial charge on any atom is 0.212 e. The number of benzene rings is 1. The molecule has 2 unspecified atom stereocenters. The van der Waals surface area contributed by atoms with Gasteiger partial charge in [-0.15, -0.1) is 0 Å². The highest BCUT2D eigenvalue weighted by Crippen LogP contribution is 2.37. The van der Waals surface area contributed by atoms with E-state index < -0.39 is 9.84 Å². The van der Waals surface area contributed by atoms with Gasteiger partial charge in [0.05, 0.1) is 17.1 Å². The Kier molecular flexibility index (Phi) is 3.63. The number of fused-ring (bicyclic) bond motifs is 3. The molecule has 2 saturated heterocycles. The number of nitrogen functional groups attached to an aromatic ring is 1. The lowest BCUT2D eigenvalue weighted by Crippen LogP contribution is -2.43. The third-order valence-corrected chi connectivity index (χ3v) is 7.06. The number of morpholine rings is 1. The summed E-state index contributed by atoms with van der Waals surface area (Å²) in [4.78, 5) is 14.0. The zero-order chi connectivity index (χ0) is 18.6. The SMILES string of the molecule is Nc1[nH]c2c(N3CC4CCC(C3)O4)ncnc2c1S(=O)(=O)c1ccccc1. The minimum atomic E-state index is -3.80. The molecule has 0 spiro atoms. The highest BCUT2D eigenvalue weighted by molar-refractivity contribution is 7.92. The molecule has 1 aromatic carbocycles. The van der Waals surface area contributed by atoms with Crippen LogP contribution in [-0.2, 0) is 14.6 Å². The lowest BCUT2D eigenvalue weighted by atomic mass is 10.2. The number of sulfone groups is 1. The average Bonchev–Trinajstić information content (AvgIpc) is 3.20. The Balaban J connectivity index is 1.65. The summed E-state index contributed by atoms with van der Waals surface area (Å²) in [6.45, 7) is 1.45. The lowest BCUT2D eigenvalue weighted by molar-refractivity contribution is 0.0303. The number of H-pyrrole nitrogens is 1. The van der Waals surface area contributed by atoms with Gasteiger partial charge in [-0.05, 0) is 25.0 Å². The summed E-state index contributed by atoms with van der Waals surface area (Å²) in [5.41, 5.74) is 6.96. The zero-order valence-corrected chi connectivity index (χ0v) is 15.3. The summed E-state index contributed by atoms with van der Waals surface area (Å²) >= 11 is 0. The summed E-state index contributed by atoms with van der Waals surface area (Å²) in [5.74, 6) is 0.744. The fourth-order valence-corrected chi connectivity index (χ4v) is 5.50. The molecule has 9 heteroatoms. The molecule has 0 saturated carbocycles. The van der Waals surface area contributed by atoms with Crippen LogP contribution >= 0.6 is 0 Å². The smallest absolute Gasteiger partial charge is 0.212 e. The molecule has 0 radical (unpaired) electrons. The summed E-state index contributed by atoms with van der Waals surface area (Å²) in [7, 11) is -3.80. The van der Waals surface area contributed by atoms with Crippen molar-refractivity contribution in [3.05, 3.63) is 36.7 Å². The van der Waals surface area contributed by atoms with Crippen molar-refractivity contribution in [2.75, 3.05) is 23.7 Å². The second kappa shape index (κ2) is 5.93. The first kappa shape index (κ1) is 16.5. The van der Waals surface area contributed by atoms with E-state index in [4.69, 9.17) is 10.5 Å². The summed E-state index contributed by atoms with van der Waals surface area (Å²) in [6, 6.07) is 8.24. The number of anilines is 2. The number of hydrogen-bond donors (Lipinski definition) is 2. The summed E-state index contributed by atoms with van der Waals surface area (Å²) in [5, 5.41) is 0. The molecule has 8 nitrogen and oxygen atoms in total. The van der Waals surface area contributed by atoms with Crippen LogP contribution in [0.1, 0.15) is 12.8 Å². The minimum Gasteiger partial charge on any atom is -0.384 e. The maximum absolute atomic E-state index is 13.1. The second-order valence-electron chi connectivity index (χ2n) is 6.97. The Hall–Kier alpha value is -2.65. The van der Waals surface area contributed by atoms with Crippen molar-refractivity contribution in [2.45, 2.75) is 34.8 Å². The molecule has 0 aliphatic carbocycles. The number of nitrogens with zero attached hydrogens (tertiary/aromatic N) is 3. The van der Waals surface area contributed by atoms with Crippen molar-refractivity contribution >= 4 is 32.5 Å². The Morgan fingerprint density at radius 1 is 1.11 bits per heavy atom. The third-order valence-electron chi connectivity index (χ3n) is 5.21. The van der Waals surface area contributed by atoms with Crippen LogP contribution in [0.3, 0.4) is 0 Å². The van der Waals surface area contributed by atoms with Crippen LogP contribution in [-0.4, -0.2) is 48.7 Å². The highest BCUT2D eigenvalue weighted by Gasteiger charge is 2.36. The third kappa shape index (κ3) is 2.57. The molecule has 2 aromatic heterocycles. The van der Waals surface area contributed by atoms with Gasteiger partial charge in [-0.1, -0.05) is 18.2 Å². The first-order valence-electron chi connectivity index (χ1n) is 8.87. The van der Waals surface area contributed by atoms with Crippen LogP contribution in [0.2, 0.25) is 0 Å². The van der Waals surface area contributed by atoms with Crippen LogP contribution in [0.25, 0.3) is 11.0 Å². The van der Waals surface area contributed by atoms with Crippen molar-refractivity contribution in [3.63, 3.8) is 0 Å². The molecular formula is C18H19N5O3S. The molecule has 3 aromatic rings. The molecule has 2 atom stereocenters. The number of nitrogens with one attached hydrogen (secondary N) is 1. The van der Waals surface area contributed by atoms with E-state index in [-0.39, 0.29) is 27.8 Å². The van der Waals surface area contributed by atoms with Crippen LogP contribution < -0.4 is 10.6 Å². The van der Waals surface area contributed by atoms with Gasteiger partial charge in [0.15, 0.2) is 5.82 Å². The number of ether oxygens (including phenoxy) is 1. The Morgan fingerprint density at radius 2 is 1.81 bits per heavy atom. The van der Waals surface area contributed by atoms with Gasteiger partial charge < -0.3 is 20.4 Å². The van der Waals surface area contributed by atoms with Crippen LogP contribution in [0, 0.1) is 0 Å². The minimum absolute atomic E-state index is 0.00332. The van der Waals surface area contributed by atoms with E-state index in [0.717, 1.165) is 25.9 Å². The number of rotatable bonds is 3. The van der Waals surface area contributed by atoms with E-state index in [1.165, 1.54) is 6.33 Å². The number of hydrogen-bond acceptors (Lipinski definition) is 7. The van der Waals surface area contributed by atoms with Crippen LogP contribution in [0.15, 0.2) is 46.5 Å². The molecular weight excluding hydrogens is 366 g/mol. The van der Waals surface area contributed by atoms with Crippen molar-refractivity contribution in [1.82, 2.24) is 15.0 Å². The first-order chi connectivity index (χ1) is 13.0. The van der Waals surface area contributed by atoms with Gasteiger partial charge in [0.2, 0.25) is 9.84 Å². The largest absolute Gasteiger partial charge is 0.384 e. The van der Waals surface area contributed by atoms with Crippen molar-refractivity contribution < 1.29 is 13.2 Å². The lowest BCUT2D eigenvalue weighted by Gasteiger charge is -2.33. The van der Waals surface area contributed by atoms with Crippen LogP contribution in [0.4, 0.5) is 11.6 Å². The fourth-order valence-electron chi connectivity index (χ4n) is 4.00. The second-order valence-corrected chi connectivity index (χ2v) is 8.85. The molecule has 0 amide bonds. The Labute approximate surface area is 156 Å². The molecule has 2 fully saturated rings. The van der Waals surface area contributed by atoms with Gasteiger partial charge in [-0.2, -0.15) is 0 Å². The van der Waals surface area contributed by atoms with E-state index in [9.17, 15) is 8.42 Å². The van der Waals surface area contributed by atoms with Gasteiger partial charge in [0.1, 0.15) is 28.1 Å². The molecule has 2 bridgehead atoms. The predicted octanol–water partition coefficient (Wildman–Crippen LogP) is 1.74. The van der Waals surface area contributed by atoms with E-state index in [1.54, 1.807) is 30.3 Å². The van der Waals surface area contributed by atoms with Gasteiger partial charge in [0, 0.05) is 13.1 Å². The molecule has 27 heavy (non-hydrogen) atoms. The number of aromatic amines is 1. The normalized spacial score (nSPS) is 22.4. The zero-order valence-electron chi connectivity index (χ0n) is 14.5. The Morgan fingerprint density at radius 3 is 2.52 bits per heavy atom. The number of nitrogens with two attached hydrogens (primary N) is 1. The molecule has 140 valence electrons. The van der Waals surface area contributed by atoms with Gasteiger partial charge in [-0.25, -0.2) is 18.4 Å². The highest BCUT2D eigenvalue weighted by atomic mass is 32.2. The van der Waals surface area contributed by atoms with Crippen molar-refractivity contribution in [3.8, 4) is 0 Å². The standard InChI is InChI=1S/C18H19N5O3S/c19-17-16(27(24,25)13-4-2-1-3-5-13)14-15(22-17)18(21-10-20-14)23-8-11-6-7-12(9-23)26-11/h1-5,10-12,22H,6-9,19H2. The average molecular weight is 385 g/mol. The molecule has 2 aliphatic rings. The molecule has 2 aliphatic heterocycles. The number of aromatic nitrogens is 3. The Bertz CT molecular complexity index is 1100. The summed E-state index contributed by atoms with van der Waals surface area (Å²) in [6.07, 6.45) is 3.85. The van der Waals surface area contributed by atoms with E-state index in [0.29, 0.717) is 16.9 Å². The van der Waals surface area contributed by atoms with Crippen LogP contribution in [0.5, 0.6) is 0 Å². The van der Waals surface area contributed by atoms with E-state index in [2.05, 4.69) is 19.9 Å². The molecule has 4 heterocycles.